The molecule has 1 fully saturated rings. The van der Waals surface area contributed by atoms with E-state index >= 15 is 0 Å². The smallest absolute Gasteiger partial charge is 0.0522 e. The van der Waals surface area contributed by atoms with E-state index in [4.69, 9.17) is 0 Å². The fourth-order valence-corrected chi connectivity index (χ4v) is 2.59. The van der Waals surface area contributed by atoms with Crippen LogP contribution < -0.4 is 5.32 Å². The predicted molar refractivity (Wildman–Crippen MR) is 70.0 cm³/mol. The summed E-state index contributed by atoms with van der Waals surface area (Å²) in [6, 6.07) is 0. The average Bonchev–Trinajstić information content (AvgIpc) is 2.75. The third kappa shape index (κ3) is 3.82. The van der Waals surface area contributed by atoms with Crippen LogP contribution in [0.5, 0.6) is 0 Å². The van der Waals surface area contributed by atoms with Gasteiger partial charge in [0.1, 0.15) is 0 Å². The van der Waals surface area contributed by atoms with Crippen molar-refractivity contribution in [2.45, 2.75) is 19.3 Å². The Balaban J connectivity index is 1.68. The summed E-state index contributed by atoms with van der Waals surface area (Å²) in [4.78, 5) is 2.58. The largest absolute Gasteiger partial charge is 0.319 e. The van der Waals surface area contributed by atoms with Crippen molar-refractivity contribution in [1.82, 2.24) is 20.0 Å². The van der Waals surface area contributed by atoms with Crippen LogP contribution >= 0.6 is 0 Å². The predicted octanol–water partition coefficient (Wildman–Crippen LogP) is 0.894. The van der Waals surface area contributed by atoms with Crippen LogP contribution in [0, 0.1) is 5.92 Å². The summed E-state index contributed by atoms with van der Waals surface area (Å²) in [6.45, 7) is 4.87. The molecular weight excluding hydrogens is 212 g/mol. The normalized spacial score (nSPS) is 18.7. The molecule has 2 heterocycles. The number of aryl methyl sites for hydroxylation is 1. The van der Waals surface area contributed by atoms with Crippen LogP contribution in [-0.2, 0) is 13.5 Å². The highest BCUT2D eigenvalue weighted by Gasteiger charge is 2.18. The van der Waals surface area contributed by atoms with Crippen LogP contribution in [0.2, 0.25) is 0 Å². The first kappa shape index (κ1) is 12.6. The molecule has 0 amide bonds. The molecule has 2 rings (SSSR count). The van der Waals surface area contributed by atoms with Crippen LogP contribution in [-0.4, -0.2) is 47.9 Å². The quantitative estimate of drug-likeness (QED) is 0.824. The van der Waals surface area contributed by atoms with E-state index in [1.54, 1.807) is 0 Å². The van der Waals surface area contributed by atoms with Crippen LogP contribution in [0.1, 0.15) is 18.4 Å². The zero-order valence-corrected chi connectivity index (χ0v) is 11.0. The highest BCUT2D eigenvalue weighted by Crippen LogP contribution is 2.16. The van der Waals surface area contributed by atoms with Gasteiger partial charge in [0, 0.05) is 19.8 Å². The maximum Gasteiger partial charge on any atom is 0.0522 e. The minimum absolute atomic E-state index is 0.884. The molecule has 0 radical (unpaired) electrons. The number of nitrogens with one attached hydrogen (secondary N) is 1. The minimum atomic E-state index is 0.884. The number of aromatic nitrogens is 2. The molecule has 1 N–H and O–H groups in total. The van der Waals surface area contributed by atoms with E-state index in [-0.39, 0.29) is 0 Å². The molecule has 0 unspecified atom stereocenters. The van der Waals surface area contributed by atoms with Gasteiger partial charge in [0.15, 0.2) is 0 Å². The average molecular weight is 236 g/mol. The van der Waals surface area contributed by atoms with Crippen molar-refractivity contribution in [3.63, 3.8) is 0 Å². The third-order valence-corrected chi connectivity index (χ3v) is 3.68. The van der Waals surface area contributed by atoms with Crippen LogP contribution in [0.3, 0.4) is 0 Å². The molecule has 0 spiro atoms. The van der Waals surface area contributed by atoms with Gasteiger partial charge in [-0.2, -0.15) is 5.10 Å². The van der Waals surface area contributed by atoms with Crippen molar-refractivity contribution >= 4 is 0 Å². The molecule has 4 heteroatoms. The van der Waals surface area contributed by atoms with E-state index in [0.717, 1.165) is 12.3 Å². The number of hydrogen-bond acceptors (Lipinski definition) is 3. The summed E-state index contributed by atoms with van der Waals surface area (Å²) in [5.74, 6) is 0.884. The standard InChI is InChI=1S/C13H24N4/c1-14-9-12-3-6-17(7-4-12)8-5-13-10-15-16(2)11-13/h10-12,14H,3-9H2,1-2H3. The first-order valence-electron chi connectivity index (χ1n) is 6.62. The van der Waals surface area contributed by atoms with E-state index in [0.29, 0.717) is 0 Å². The highest BCUT2D eigenvalue weighted by atomic mass is 15.2. The van der Waals surface area contributed by atoms with E-state index in [9.17, 15) is 0 Å². The Morgan fingerprint density at radius 3 is 2.76 bits per heavy atom. The summed E-state index contributed by atoms with van der Waals surface area (Å²) in [6.07, 6.45) is 7.91. The number of likely N-dealkylation sites (tertiary alicyclic amines) is 1. The lowest BCUT2D eigenvalue weighted by molar-refractivity contribution is 0.185. The SMILES string of the molecule is CNCC1CCN(CCc2cnn(C)c2)CC1. The Labute approximate surface area is 104 Å². The summed E-state index contributed by atoms with van der Waals surface area (Å²) < 4.78 is 1.88. The molecule has 17 heavy (non-hydrogen) atoms. The van der Waals surface area contributed by atoms with Crippen molar-refractivity contribution in [3.05, 3.63) is 18.0 Å². The van der Waals surface area contributed by atoms with Gasteiger partial charge < -0.3 is 10.2 Å². The molecular formula is C13H24N4. The van der Waals surface area contributed by atoms with Gasteiger partial charge in [0.25, 0.3) is 0 Å². The molecule has 0 aliphatic carbocycles. The monoisotopic (exact) mass is 236 g/mol. The van der Waals surface area contributed by atoms with Crippen molar-refractivity contribution < 1.29 is 0 Å². The van der Waals surface area contributed by atoms with Crippen molar-refractivity contribution in [2.24, 2.45) is 13.0 Å². The van der Waals surface area contributed by atoms with E-state index in [2.05, 4.69) is 28.6 Å². The van der Waals surface area contributed by atoms with Gasteiger partial charge in [0.2, 0.25) is 0 Å². The molecule has 1 aliphatic rings. The van der Waals surface area contributed by atoms with Gasteiger partial charge in [-0.1, -0.05) is 0 Å². The van der Waals surface area contributed by atoms with Gasteiger partial charge >= 0.3 is 0 Å². The molecule has 0 bridgehead atoms. The molecule has 1 saturated heterocycles. The summed E-state index contributed by atoms with van der Waals surface area (Å²) in [5, 5.41) is 7.49. The van der Waals surface area contributed by atoms with Gasteiger partial charge in [-0.15, -0.1) is 0 Å². The van der Waals surface area contributed by atoms with Crippen LogP contribution in [0.4, 0.5) is 0 Å². The summed E-state index contributed by atoms with van der Waals surface area (Å²) >= 11 is 0. The first-order valence-corrected chi connectivity index (χ1v) is 6.62. The Morgan fingerprint density at radius 2 is 2.18 bits per heavy atom. The lowest BCUT2D eigenvalue weighted by atomic mass is 9.96. The molecule has 0 saturated carbocycles. The maximum atomic E-state index is 4.21. The van der Waals surface area contributed by atoms with Crippen molar-refractivity contribution in [1.29, 1.82) is 0 Å². The second-order valence-corrected chi connectivity index (χ2v) is 5.11. The lowest BCUT2D eigenvalue weighted by Crippen LogP contribution is -2.37. The number of hydrogen-bond donors (Lipinski definition) is 1. The summed E-state index contributed by atoms with van der Waals surface area (Å²) in [5.41, 5.74) is 1.35. The van der Waals surface area contributed by atoms with E-state index < -0.39 is 0 Å². The third-order valence-electron chi connectivity index (χ3n) is 3.68. The van der Waals surface area contributed by atoms with Crippen LogP contribution in [0.15, 0.2) is 12.4 Å². The highest BCUT2D eigenvalue weighted by molar-refractivity contribution is 5.04. The number of rotatable bonds is 5. The molecule has 1 aromatic rings. The molecule has 96 valence electrons. The molecule has 1 aliphatic heterocycles. The topological polar surface area (TPSA) is 33.1 Å². The zero-order valence-electron chi connectivity index (χ0n) is 11.0. The molecule has 0 atom stereocenters. The van der Waals surface area contributed by atoms with Crippen molar-refractivity contribution in [3.8, 4) is 0 Å². The van der Waals surface area contributed by atoms with Gasteiger partial charge in [0.05, 0.1) is 6.20 Å². The second-order valence-electron chi connectivity index (χ2n) is 5.11. The summed E-state index contributed by atoms with van der Waals surface area (Å²) in [7, 11) is 4.03. The zero-order chi connectivity index (χ0) is 12.1. The Bertz CT molecular complexity index is 326. The second kappa shape index (κ2) is 6.17. The van der Waals surface area contributed by atoms with Crippen molar-refractivity contribution in [2.75, 3.05) is 33.2 Å². The molecule has 4 nitrogen and oxygen atoms in total. The Kier molecular flexibility index (Phi) is 4.57. The minimum Gasteiger partial charge on any atom is -0.319 e. The first-order chi connectivity index (χ1) is 8.28. The number of nitrogens with zero attached hydrogens (tertiary/aromatic N) is 3. The van der Waals surface area contributed by atoms with E-state index in [1.165, 1.54) is 44.6 Å². The van der Waals surface area contributed by atoms with Gasteiger partial charge in [-0.3, -0.25) is 4.68 Å². The Morgan fingerprint density at radius 1 is 1.41 bits per heavy atom. The fraction of sp³-hybridized carbons (Fsp3) is 0.769. The maximum absolute atomic E-state index is 4.21. The Hall–Kier alpha value is -0.870. The van der Waals surface area contributed by atoms with E-state index in [1.807, 2.05) is 17.9 Å². The van der Waals surface area contributed by atoms with Gasteiger partial charge in [-0.25, -0.2) is 0 Å². The van der Waals surface area contributed by atoms with Gasteiger partial charge in [-0.05, 0) is 57.4 Å². The molecule has 0 aromatic carbocycles. The van der Waals surface area contributed by atoms with Crippen LogP contribution in [0.25, 0.3) is 0 Å². The lowest BCUT2D eigenvalue weighted by Gasteiger charge is -2.31. The molecule has 1 aromatic heterocycles. The number of piperidine rings is 1. The fourth-order valence-electron chi connectivity index (χ4n) is 2.59.